The zero-order valence-corrected chi connectivity index (χ0v) is 21.5. The molecule has 0 saturated heterocycles. The Hall–Kier alpha value is -4.38. The van der Waals surface area contributed by atoms with Gasteiger partial charge in [0.1, 0.15) is 11.6 Å². The van der Waals surface area contributed by atoms with Gasteiger partial charge in [-0.2, -0.15) is 0 Å². The van der Waals surface area contributed by atoms with Crippen LogP contribution in [-0.4, -0.2) is 42.7 Å². The number of carboxylic acids is 1. The van der Waals surface area contributed by atoms with Crippen LogP contribution < -0.4 is 15.0 Å². The fourth-order valence-electron chi connectivity index (χ4n) is 5.36. The van der Waals surface area contributed by atoms with Gasteiger partial charge in [0, 0.05) is 54.9 Å². The second kappa shape index (κ2) is 10.2. The lowest BCUT2D eigenvalue weighted by Gasteiger charge is -2.27. The Labute approximate surface area is 222 Å². The number of anilines is 2. The van der Waals surface area contributed by atoms with Crippen LogP contribution in [0.5, 0.6) is 5.75 Å². The molecule has 0 radical (unpaired) electrons. The molecule has 2 aliphatic rings. The van der Waals surface area contributed by atoms with Crippen LogP contribution >= 0.6 is 0 Å². The molecule has 1 aromatic heterocycles. The van der Waals surface area contributed by atoms with Gasteiger partial charge in [-0.25, -0.2) is 9.83 Å². The van der Waals surface area contributed by atoms with Gasteiger partial charge in [-0.3, -0.25) is 9.59 Å². The number of nitrogens with zero attached hydrogens (tertiary/aromatic N) is 3. The van der Waals surface area contributed by atoms with Crippen LogP contribution in [0.4, 0.5) is 17.2 Å². The molecule has 38 heavy (non-hydrogen) atoms. The van der Waals surface area contributed by atoms with Crippen molar-refractivity contribution >= 4 is 29.1 Å². The lowest BCUT2D eigenvalue weighted by molar-refractivity contribution is -0.137. The third-order valence-corrected chi connectivity index (χ3v) is 7.57. The molecular formula is C30H30N4O4. The van der Waals surface area contributed by atoms with Crippen molar-refractivity contribution in [3.63, 3.8) is 0 Å². The zero-order chi connectivity index (χ0) is 26.9. The lowest BCUT2D eigenvalue weighted by atomic mass is 9.85. The quantitative estimate of drug-likeness (QED) is 0.391. The summed E-state index contributed by atoms with van der Waals surface area (Å²) in [6.07, 6.45) is 4.37. The molecule has 0 bridgehead atoms. The summed E-state index contributed by atoms with van der Waals surface area (Å²) in [4.78, 5) is 34.5. The van der Waals surface area contributed by atoms with Crippen molar-refractivity contribution in [1.82, 2.24) is 4.98 Å². The van der Waals surface area contributed by atoms with Crippen LogP contribution in [0, 0.1) is 12.5 Å². The standard InChI is InChI=1S/C30H30N4O4/c1-31-22-10-7-19(5-4-6-28(35)36)25(16-22)33-29(37)24-17-30(24)13-14-38-26-11-8-20(15-23(26)30)21-9-12-27(32-18-21)34(2)3/h7-12,15-16,18,24H,4-6,13-14,17H2,2-3H3,(H,33,37)(H,35,36)/t24-,30-/m0/s1. The highest BCUT2D eigenvalue weighted by molar-refractivity contribution is 5.97. The molecule has 1 aliphatic heterocycles. The molecule has 2 atom stereocenters. The average Bonchev–Trinajstić information content (AvgIpc) is 3.64. The van der Waals surface area contributed by atoms with Gasteiger partial charge in [-0.1, -0.05) is 18.2 Å². The average molecular weight is 511 g/mol. The van der Waals surface area contributed by atoms with E-state index < -0.39 is 5.97 Å². The number of fused-ring (bicyclic) bond motifs is 2. The maximum atomic E-state index is 13.5. The molecule has 1 aliphatic carbocycles. The molecule has 2 aromatic carbocycles. The summed E-state index contributed by atoms with van der Waals surface area (Å²) >= 11 is 0. The van der Waals surface area contributed by atoms with Crippen LogP contribution in [-0.2, 0) is 21.4 Å². The molecule has 8 heteroatoms. The van der Waals surface area contributed by atoms with Gasteiger partial charge in [-0.05, 0) is 67.1 Å². The predicted molar refractivity (Wildman–Crippen MR) is 146 cm³/mol. The second-order valence-corrected chi connectivity index (χ2v) is 10.2. The minimum Gasteiger partial charge on any atom is -0.493 e. The number of carbonyl (C=O) groups excluding carboxylic acids is 1. The molecule has 5 rings (SSSR count). The number of carboxylic acid groups (broad SMARTS) is 1. The van der Waals surface area contributed by atoms with Gasteiger partial charge >= 0.3 is 5.97 Å². The Morgan fingerprint density at radius 3 is 2.71 bits per heavy atom. The maximum Gasteiger partial charge on any atom is 0.303 e. The van der Waals surface area contributed by atoms with Crippen LogP contribution in [0.3, 0.4) is 0 Å². The molecular weight excluding hydrogens is 480 g/mol. The van der Waals surface area contributed by atoms with Gasteiger partial charge in [0.25, 0.3) is 0 Å². The van der Waals surface area contributed by atoms with Crippen molar-refractivity contribution in [2.75, 3.05) is 30.9 Å². The molecule has 1 saturated carbocycles. The summed E-state index contributed by atoms with van der Waals surface area (Å²) in [6, 6.07) is 15.4. The van der Waals surface area contributed by atoms with Gasteiger partial charge < -0.3 is 20.1 Å². The van der Waals surface area contributed by atoms with Gasteiger partial charge in [0.15, 0.2) is 5.69 Å². The number of carbonyl (C=O) groups is 2. The Morgan fingerprint density at radius 2 is 2.00 bits per heavy atom. The molecule has 8 nitrogen and oxygen atoms in total. The first-order chi connectivity index (χ1) is 18.3. The van der Waals surface area contributed by atoms with E-state index in [4.69, 9.17) is 16.4 Å². The zero-order valence-electron chi connectivity index (χ0n) is 21.5. The number of nitrogens with one attached hydrogen (secondary N) is 1. The maximum absolute atomic E-state index is 13.5. The highest BCUT2D eigenvalue weighted by atomic mass is 16.5. The molecule has 1 amide bonds. The van der Waals surface area contributed by atoms with E-state index in [1.54, 1.807) is 18.2 Å². The van der Waals surface area contributed by atoms with Crippen LogP contribution in [0.1, 0.15) is 36.8 Å². The van der Waals surface area contributed by atoms with Crippen molar-refractivity contribution in [3.05, 3.63) is 77.3 Å². The highest BCUT2D eigenvalue weighted by Crippen LogP contribution is 2.61. The Morgan fingerprint density at radius 1 is 1.18 bits per heavy atom. The topological polar surface area (TPSA) is 96.1 Å². The largest absolute Gasteiger partial charge is 0.493 e. The third-order valence-electron chi connectivity index (χ3n) is 7.57. The van der Waals surface area contributed by atoms with E-state index in [9.17, 15) is 9.59 Å². The molecule has 1 spiro atoms. The van der Waals surface area contributed by atoms with E-state index >= 15 is 0 Å². The molecule has 3 aromatic rings. The van der Waals surface area contributed by atoms with E-state index in [2.05, 4.69) is 21.2 Å². The number of aryl methyl sites for hydroxylation is 1. The number of amides is 1. The first-order valence-corrected chi connectivity index (χ1v) is 12.7. The van der Waals surface area contributed by atoms with E-state index in [0.29, 0.717) is 30.8 Å². The summed E-state index contributed by atoms with van der Waals surface area (Å²) in [5, 5.41) is 12.1. The van der Waals surface area contributed by atoms with Crippen molar-refractivity contribution in [2.45, 2.75) is 37.5 Å². The monoisotopic (exact) mass is 510 g/mol. The number of hydrogen-bond donors (Lipinski definition) is 2. The number of aliphatic carboxylic acids is 1. The number of benzene rings is 2. The van der Waals surface area contributed by atoms with Gasteiger partial charge in [0.2, 0.25) is 5.91 Å². The smallest absolute Gasteiger partial charge is 0.303 e. The molecule has 2 N–H and O–H groups in total. The fourth-order valence-corrected chi connectivity index (χ4v) is 5.36. The summed E-state index contributed by atoms with van der Waals surface area (Å²) in [5.74, 6) is 0.558. The van der Waals surface area contributed by atoms with Crippen molar-refractivity contribution in [3.8, 4) is 16.9 Å². The molecule has 0 unspecified atom stereocenters. The molecule has 1 fully saturated rings. The number of rotatable bonds is 8. The van der Waals surface area contributed by atoms with Gasteiger partial charge in [-0.15, -0.1) is 0 Å². The summed E-state index contributed by atoms with van der Waals surface area (Å²) in [7, 11) is 3.91. The normalized spacial score (nSPS) is 19.1. The number of ether oxygens (including phenoxy) is 1. The fraction of sp³-hybridized carbons (Fsp3) is 0.333. The summed E-state index contributed by atoms with van der Waals surface area (Å²) in [5.41, 5.74) is 4.66. The Kier molecular flexibility index (Phi) is 6.77. The Balaban J connectivity index is 1.38. The minimum absolute atomic E-state index is 0.0518. The number of aromatic nitrogens is 1. The van der Waals surface area contributed by atoms with Crippen molar-refractivity contribution in [1.29, 1.82) is 0 Å². The SMILES string of the molecule is [C-]#[N+]c1ccc(CCCC(=O)O)c(NC(=O)[C@@H]2C[C@]23CCOc2ccc(-c4ccc(N(C)C)nc4)cc23)c1. The van der Waals surface area contributed by atoms with E-state index in [1.807, 2.05) is 49.5 Å². The second-order valence-electron chi connectivity index (χ2n) is 10.2. The van der Waals surface area contributed by atoms with Crippen molar-refractivity contribution in [2.24, 2.45) is 5.92 Å². The summed E-state index contributed by atoms with van der Waals surface area (Å²) in [6.45, 7) is 7.92. The first kappa shape index (κ1) is 25.3. The lowest BCUT2D eigenvalue weighted by Crippen LogP contribution is -2.27. The van der Waals surface area contributed by atoms with Crippen LogP contribution in [0.25, 0.3) is 16.0 Å². The Bertz CT molecular complexity index is 1430. The predicted octanol–water partition coefficient (Wildman–Crippen LogP) is 5.45. The summed E-state index contributed by atoms with van der Waals surface area (Å²) < 4.78 is 5.96. The van der Waals surface area contributed by atoms with Crippen LogP contribution in [0.2, 0.25) is 0 Å². The van der Waals surface area contributed by atoms with E-state index in [1.165, 1.54) is 0 Å². The molecule has 2 heterocycles. The van der Waals surface area contributed by atoms with Gasteiger partial charge in [0.05, 0.1) is 13.2 Å². The highest BCUT2D eigenvalue weighted by Gasteiger charge is 2.61. The molecule has 194 valence electrons. The van der Waals surface area contributed by atoms with Crippen LogP contribution in [0.15, 0.2) is 54.7 Å². The van der Waals surface area contributed by atoms with Crippen molar-refractivity contribution < 1.29 is 19.4 Å². The van der Waals surface area contributed by atoms with E-state index in [-0.39, 0.29) is 23.7 Å². The third kappa shape index (κ3) is 4.92. The first-order valence-electron chi connectivity index (χ1n) is 12.7. The van der Waals surface area contributed by atoms with E-state index in [0.717, 1.165) is 46.7 Å². The minimum atomic E-state index is -0.852. The number of pyridine rings is 1. The number of hydrogen-bond acceptors (Lipinski definition) is 5.